The van der Waals surface area contributed by atoms with Gasteiger partial charge in [-0.2, -0.15) is 0 Å². The Labute approximate surface area is 125 Å². The van der Waals surface area contributed by atoms with Gasteiger partial charge in [0.15, 0.2) is 0 Å². The minimum Gasteiger partial charge on any atom is -0.497 e. The van der Waals surface area contributed by atoms with Gasteiger partial charge in [-0.1, -0.05) is 6.07 Å². The molecular weight excluding hydrogens is 292 g/mol. The van der Waals surface area contributed by atoms with Crippen molar-refractivity contribution in [3.8, 4) is 11.5 Å². The van der Waals surface area contributed by atoms with Crippen molar-refractivity contribution in [3.05, 3.63) is 23.8 Å². The monoisotopic (exact) mass is 314 g/mol. The Hall–Kier alpha value is -1.31. The second kappa shape index (κ2) is 7.11. The molecule has 1 fully saturated rings. The van der Waals surface area contributed by atoms with Crippen LogP contribution in [-0.4, -0.2) is 41.0 Å². The van der Waals surface area contributed by atoms with Gasteiger partial charge in [-0.05, 0) is 25.5 Å². The lowest BCUT2D eigenvalue weighted by molar-refractivity contribution is 0.390. The molecule has 1 unspecified atom stereocenters. The molecule has 0 radical (unpaired) electrons. The van der Waals surface area contributed by atoms with Crippen LogP contribution in [0.15, 0.2) is 18.2 Å². The molecule has 2 rings (SSSR count). The average molecular weight is 314 g/mol. The lowest BCUT2D eigenvalue weighted by atomic mass is 10.2. The third-order valence-corrected chi connectivity index (χ3v) is 4.99. The fourth-order valence-electron chi connectivity index (χ4n) is 2.41. The van der Waals surface area contributed by atoms with Crippen molar-refractivity contribution in [2.75, 3.05) is 26.5 Å². The Kier molecular flexibility index (Phi) is 5.44. The molecule has 1 atom stereocenters. The summed E-state index contributed by atoms with van der Waals surface area (Å²) in [6, 6.07) is 5.38. The summed E-state index contributed by atoms with van der Waals surface area (Å²) < 4.78 is 37.1. The summed E-state index contributed by atoms with van der Waals surface area (Å²) in [5.41, 5.74) is 0.779. The van der Waals surface area contributed by atoms with Gasteiger partial charge in [0.2, 0.25) is 10.0 Å². The molecule has 1 saturated heterocycles. The quantitative estimate of drug-likeness (QED) is 0.781. The maximum atomic E-state index is 12.1. The Morgan fingerprint density at radius 2 is 2.14 bits per heavy atom. The van der Waals surface area contributed by atoms with E-state index in [4.69, 9.17) is 9.47 Å². The first-order valence-corrected chi connectivity index (χ1v) is 8.61. The molecule has 0 saturated carbocycles. The molecule has 6 nitrogen and oxygen atoms in total. The number of methoxy groups -OCH3 is 2. The molecule has 1 aliphatic heterocycles. The van der Waals surface area contributed by atoms with Crippen molar-refractivity contribution in [1.29, 1.82) is 0 Å². The van der Waals surface area contributed by atoms with Crippen LogP contribution in [-0.2, 0) is 16.6 Å². The molecule has 0 aromatic heterocycles. The maximum Gasteiger partial charge on any atom is 0.213 e. The van der Waals surface area contributed by atoms with E-state index in [0.717, 1.165) is 24.9 Å². The number of rotatable bonds is 7. The number of hydrogen-bond acceptors (Lipinski definition) is 5. The molecule has 1 aliphatic rings. The second-order valence-electron chi connectivity index (χ2n) is 5.07. The topological polar surface area (TPSA) is 76.7 Å². The minimum atomic E-state index is -3.30. The van der Waals surface area contributed by atoms with Crippen LogP contribution >= 0.6 is 0 Å². The fraction of sp³-hybridized carbons (Fsp3) is 0.571. The van der Waals surface area contributed by atoms with Crippen molar-refractivity contribution < 1.29 is 17.9 Å². The smallest absolute Gasteiger partial charge is 0.213 e. The predicted molar refractivity (Wildman–Crippen MR) is 81.2 cm³/mol. The first kappa shape index (κ1) is 16.1. The van der Waals surface area contributed by atoms with E-state index >= 15 is 0 Å². The number of nitrogens with one attached hydrogen (secondary N) is 2. The number of sulfonamides is 1. The van der Waals surface area contributed by atoms with E-state index in [1.807, 2.05) is 0 Å². The van der Waals surface area contributed by atoms with E-state index in [1.54, 1.807) is 32.4 Å². The summed E-state index contributed by atoms with van der Waals surface area (Å²) in [6.45, 7) is 1.11. The molecule has 1 heterocycles. The molecule has 0 spiro atoms. The highest BCUT2D eigenvalue weighted by Crippen LogP contribution is 2.24. The molecule has 2 N–H and O–H groups in total. The number of ether oxygens (including phenoxy) is 2. The first-order chi connectivity index (χ1) is 10.0. The lowest BCUT2D eigenvalue weighted by Crippen LogP contribution is -2.36. The van der Waals surface area contributed by atoms with Gasteiger partial charge in [0.1, 0.15) is 11.5 Å². The van der Waals surface area contributed by atoms with E-state index in [2.05, 4.69) is 10.0 Å². The molecule has 7 heteroatoms. The van der Waals surface area contributed by atoms with Gasteiger partial charge >= 0.3 is 0 Å². The molecular formula is C14H22N2O4S. The third-order valence-electron chi connectivity index (χ3n) is 3.56. The second-order valence-corrected chi connectivity index (χ2v) is 6.93. The normalized spacial score (nSPS) is 18.7. The van der Waals surface area contributed by atoms with Gasteiger partial charge in [0.05, 0.1) is 20.0 Å². The van der Waals surface area contributed by atoms with Crippen molar-refractivity contribution >= 4 is 10.0 Å². The SMILES string of the molecule is COc1ccc(CNS(=O)(=O)CC2CCCN2)c(OC)c1. The number of hydrogen-bond donors (Lipinski definition) is 2. The number of benzene rings is 1. The van der Waals surface area contributed by atoms with Crippen LogP contribution in [0.1, 0.15) is 18.4 Å². The van der Waals surface area contributed by atoms with Crippen LogP contribution in [0.3, 0.4) is 0 Å². The summed E-state index contributed by atoms with van der Waals surface area (Å²) >= 11 is 0. The lowest BCUT2D eigenvalue weighted by Gasteiger charge is -2.14. The molecule has 118 valence electrons. The van der Waals surface area contributed by atoms with Crippen molar-refractivity contribution in [3.63, 3.8) is 0 Å². The van der Waals surface area contributed by atoms with Crippen LogP contribution in [0.2, 0.25) is 0 Å². The van der Waals surface area contributed by atoms with E-state index in [-0.39, 0.29) is 18.3 Å². The summed E-state index contributed by atoms with van der Waals surface area (Å²) in [5, 5.41) is 3.19. The van der Waals surface area contributed by atoms with Gasteiger partial charge in [-0.15, -0.1) is 0 Å². The van der Waals surface area contributed by atoms with Gasteiger partial charge in [-0.3, -0.25) is 0 Å². The summed E-state index contributed by atoms with van der Waals surface area (Å²) in [7, 11) is -0.177. The highest BCUT2D eigenvalue weighted by Gasteiger charge is 2.22. The molecule has 1 aromatic carbocycles. The van der Waals surface area contributed by atoms with Crippen molar-refractivity contribution in [2.45, 2.75) is 25.4 Å². The summed E-state index contributed by atoms with van der Waals surface area (Å²) in [6.07, 6.45) is 1.94. The molecule has 1 aromatic rings. The Morgan fingerprint density at radius 3 is 2.76 bits per heavy atom. The Bertz CT molecular complexity index is 568. The van der Waals surface area contributed by atoms with Crippen molar-refractivity contribution in [1.82, 2.24) is 10.0 Å². The average Bonchev–Trinajstić information content (AvgIpc) is 2.97. The van der Waals surface area contributed by atoms with Crippen molar-refractivity contribution in [2.24, 2.45) is 0 Å². The molecule has 21 heavy (non-hydrogen) atoms. The Balaban J connectivity index is 1.98. The fourth-order valence-corrected chi connectivity index (χ4v) is 3.72. The first-order valence-electron chi connectivity index (χ1n) is 6.95. The summed E-state index contributed by atoms with van der Waals surface area (Å²) in [4.78, 5) is 0. The molecule has 0 amide bonds. The van der Waals surface area contributed by atoms with Gasteiger partial charge in [0.25, 0.3) is 0 Å². The summed E-state index contributed by atoms with van der Waals surface area (Å²) in [5.74, 6) is 1.40. The van der Waals surface area contributed by atoms with Crippen LogP contribution in [0, 0.1) is 0 Å². The van der Waals surface area contributed by atoms with Crippen LogP contribution in [0.4, 0.5) is 0 Å². The zero-order valence-electron chi connectivity index (χ0n) is 12.4. The maximum absolute atomic E-state index is 12.1. The minimum absolute atomic E-state index is 0.0558. The zero-order chi connectivity index (χ0) is 15.3. The highest BCUT2D eigenvalue weighted by atomic mass is 32.2. The van der Waals surface area contributed by atoms with E-state index in [1.165, 1.54) is 0 Å². The van der Waals surface area contributed by atoms with Crippen LogP contribution in [0.25, 0.3) is 0 Å². The third kappa shape index (κ3) is 4.59. The van der Waals surface area contributed by atoms with Gasteiger partial charge in [-0.25, -0.2) is 13.1 Å². The standard InChI is InChI=1S/C14H22N2O4S/c1-19-13-6-5-11(14(8-13)20-2)9-16-21(17,18)10-12-4-3-7-15-12/h5-6,8,12,15-16H,3-4,7,9-10H2,1-2H3. The largest absolute Gasteiger partial charge is 0.497 e. The highest BCUT2D eigenvalue weighted by molar-refractivity contribution is 7.89. The Morgan fingerprint density at radius 1 is 1.33 bits per heavy atom. The zero-order valence-corrected chi connectivity index (χ0v) is 13.2. The van der Waals surface area contributed by atoms with E-state index in [9.17, 15) is 8.42 Å². The predicted octanol–water partition coefficient (Wildman–Crippen LogP) is 0.875. The van der Waals surface area contributed by atoms with Crippen LogP contribution < -0.4 is 19.5 Å². The van der Waals surface area contributed by atoms with E-state index in [0.29, 0.717) is 11.5 Å². The molecule has 0 bridgehead atoms. The van der Waals surface area contributed by atoms with E-state index < -0.39 is 10.0 Å². The molecule has 0 aliphatic carbocycles. The van der Waals surface area contributed by atoms with Gasteiger partial charge in [0, 0.05) is 24.2 Å². The van der Waals surface area contributed by atoms with Crippen LogP contribution in [0.5, 0.6) is 11.5 Å². The van der Waals surface area contributed by atoms with Gasteiger partial charge < -0.3 is 14.8 Å².